The molecule has 0 aromatic heterocycles. The third-order valence-electron chi connectivity index (χ3n) is 4.52. The van der Waals surface area contributed by atoms with Gasteiger partial charge in [0.1, 0.15) is 5.75 Å². The predicted octanol–water partition coefficient (Wildman–Crippen LogP) is 3.22. The average Bonchev–Trinajstić information content (AvgIpc) is 3.15. The van der Waals surface area contributed by atoms with E-state index in [4.69, 9.17) is 14.2 Å². The largest absolute Gasteiger partial charge is 0.474 e. The third kappa shape index (κ3) is 3.25. The van der Waals surface area contributed by atoms with Crippen LogP contribution in [0, 0.1) is 6.92 Å². The first-order chi connectivity index (χ1) is 12.2. The van der Waals surface area contributed by atoms with E-state index in [1.165, 1.54) is 0 Å². The molecule has 0 radical (unpaired) electrons. The molecule has 130 valence electrons. The first-order valence-corrected chi connectivity index (χ1v) is 8.59. The van der Waals surface area contributed by atoms with Gasteiger partial charge >= 0.3 is 0 Å². The lowest BCUT2D eigenvalue weighted by atomic mass is 10.0. The molecule has 0 saturated carbocycles. The fraction of sp³-hybridized carbons (Fsp3) is 0.350. The van der Waals surface area contributed by atoms with E-state index in [-0.39, 0.29) is 12.2 Å². The number of fused-ring (bicyclic) bond motifs is 1. The second-order valence-corrected chi connectivity index (χ2v) is 6.33. The fourth-order valence-corrected chi connectivity index (χ4v) is 3.25. The maximum atomic E-state index is 13.1. The Kier molecular flexibility index (Phi) is 4.42. The van der Waals surface area contributed by atoms with E-state index in [0.717, 1.165) is 22.6 Å². The third-order valence-corrected chi connectivity index (χ3v) is 4.52. The second kappa shape index (κ2) is 6.86. The van der Waals surface area contributed by atoms with E-state index in [1.54, 1.807) is 4.90 Å². The van der Waals surface area contributed by atoms with Crippen LogP contribution < -0.4 is 9.64 Å². The Bertz CT molecular complexity index is 756. The van der Waals surface area contributed by atoms with Crippen LogP contribution in [0.3, 0.4) is 0 Å². The second-order valence-electron chi connectivity index (χ2n) is 6.33. The van der Waals surface area contributed by atoms with Crippen LogP contribution >= 0.6 is 0 Å². The van der Waals surface area contributed by atoms with Crippen molar-refractivity contribution in [3.63, 3.8) is 0 Å². The number of hydrogen-bond acceptors (Lipinski definition) is 4. The lowest BCUT2D eigenvalue weighted by Crippen LogP contribution is -2.42. The number of hydrogen-bond donors (Lipinski definition) is 0. The van der Waals surface area contributed by atoms with Gasteiger partial charge in [-0.05, 0) is 24.6 Å². The molecule has 1 unspecified atom stereocenters. The quantitative estimate of drug-likeness (QED) is 0.858. The van der Waals surface area contributed by atoms with Crippen molar-refractivity contribution in [2.24, 2.45) is 0 Å². The van der Waals surface area contributed by atoms with E-state index < -0.39 is 6.10 Å². The molecule has 2 aliphatic rings. The number of anilines is 1. The van der Waals surface area contributed by atoms with E-state index in [2.05, 4.69) is 0 Å². The molecule has 1 fully saturated rings. The minimum Gasteiger partial charge on any atom is -0.474 e. The Morgan fingerprint density at radius 2 is 1.84 bits per heavy atom. The summed E-state index contributed by atoms with van der Waals surface area (Å²) in [6.07, 6.45) is -0.221. The number of nitrogens with zero attached hydrogens (tertiary/aromatic N) is 1. The zero-order chi connectivity index (χ0) is 17.2. The van der Waals surface area contributed by atoms with Crippen LogP contribution in [-0.4, -0.2) is 32.0 Å². The first kappa shape index (κ1) is 16.1. The maximum absolute atomic E-state index is 13.1. The molecule has 0 spiro atoms. The number of carbonyl (C=O) groups excluding carboxylic acids is 1. The Morgan fingerprint density at radius 3 is 2.60 bits per heavy atom. The standard InChI is InChI=1S/C20H21NO4/c1-14-7-8-17-16(13-14)21(10-9-18-23-11-12-24-18)20(22)19(25-17)15-5-3-2-4-6-15/h2-8,13,18-19H,9-12H2,1H3. The minimum absolute atomic E-state index is 0.0534. The van der Waals surface area contributed by atoms with Crippen molar-refractivity contribution >= 4 is 11.6 Å². The zero-order valence-electron chi connectivity index (χ0n) is 14.2. The normalized spacial score (nSPS) is 20.4. The van der Waals surface area contributed by atoms with Gasteiger partial charge in [0.15, 0.2) is 6.29 Å². The molecule has 1 saturated heterocycles. The van der Waals surface area contributed by atoms with Gasteiger partial charge in [-0.2, -0.15) is 0 Å². The molecule has 25 heavy (non-hydrogen) atoms. The van der Waals surface area contributed by atoms with Crippen LogP contribution in [-0.2, 0) is 14.3 Å². The van der Waals surface area contributed by atoms with Gasteiger partial charge < -0.3 is 19.1 Å². The average molecular weight is 339 g/mol. The maximum Gasteiger partial charge on any atom is 0.272 e. The lowest BCUT2D eigenvalue weighted by molar-refractivity contribution is -0.127. The highest BCUT2D eigenvalue weighted by Crippen LogP contribution is 2.39. The van der Waals surface area contributed by atoms with Crippen LogP contribution in [0.2, 0.25) is 0 Å². The Labute approximate surface area is 147 Å². The van der Waals surface area contributed by atoms with E-state index in [1.807, 2.05) is 55.5 Å². The summed E-state index contributed by atoms with van der Waals surface area (Å²) in [4.78, 5) is 14.9. The SMILES string of the molecule is Cc1ccc2c(c1)N(CCC1OCCO1)C(=O)C(c1ccccc1)O2. The van der Waals surface area contributed by atoms with E-state index >= 15 is 0 Å². The summed E-state index contributed by atoms with van der Waals surface area (Å²) < 4.78 is 17.1. The predicted molar refractivity (Wildman–Crippen MR) is 93.7 cm³/mol. The topological polar surface area (TPSA) is 48.0 Å². The molecular weight excluding hydrogens is 318 g/mol. The summed E-state index contributed by atoms with van der Waals surface area (Å²) in [6.45, 7) is 3.77. The van der Waals surface area contributed by atoms with Crippen LogP contribution in [0.5, 0.6) is 5.75 Å². The van der Waals surface area contributed by atoms with E-state index in [9.17, 15) is 4.79 Å². The van der Waals surface area contributed by atoms with Gasteiger partial charge in [-0.1, -0.05) is 36.4 Å². The number of rotatable bonds is 4. The smallest absolute Gasteiger partial charge is 0.272 e. The van der Waals surface area contributed by atoms with Crippen molar-refractivity contribution in [2.45, 2.75) is 25.7 Å². The highest BCUT2D eigenvalue weighted by molar-refractivity contribution is 6.00. The first-order valence-electron chi connectivity index (χ1n) is 8.59. The van der Waals surface area contributed by atoms with Crippen molar-refractivity contribution < 1.29 is 19.0 Å². The van der Waals surface area contributed by atoms with Crippen molar-refractivity contribution in [3.05, 3.63) is 59.7 Å². The van der Waals surface area contributed by atoms with Gasteiger partial charge in [-0.15, -0.1) is 0 Å². The fourth-order valence-electron chi connectivity index (χ4n) is 3.25. The Balaban J connectivity index is 1.64. The van der Waals surface area contributed by atoms with Gasteiger partial charge in [0.2, 0.25) is 6.10 Å². The molecule has 2 aromatic rings. The van der Waals surface area contributed by atoms with Crippen molar-refractivity contribution in [1.29, 1.82) is 0 Å². The van der Waals surface area contributed by atoms with Crippen LogP contribution in [0.4, 0.5) is 5.69 Å². The molecule has 2 aromatic carbocycles. The number of amides is 1. The summed E-state index contributed by atoms with van der Waals surface area (Å²) >= 11 is 0. The summed E-state index contributed by atoms with van der Waals surface area (Å²) in [5.74, 6) is 0.676. The molecule has 4 rings (SSSR count). The van der Waals surface area contributed by atoms with Gasteiger partial charge in [0.25, 0.3) is 5.91 Å². The van der Waals surface area contributed by atoms with Gasteiger partial charge in [-0.25, -0.2) is 0 Å². The van der Waals surface area contributed by atoms with Crippen LogP contribution in [0.15, 0.2) is 48.5 Å². The van der Waals surface area contributed by atoms with Crippen molar-refractivity contribution in [3.8, 4) is 5.75 Å². The molecule has 0 aliphatic carbocycles. The number of carbonyl (C=O) groups is 1. The summed E-state index contributed by atoms with van der Waals surface area (Å²) in [6, 6.07) is 15.5. The van der Waals surface area contributed by atoms with E-state index in [0.29, 0.717) is 26.2 Å². The van der Waals surface area contributed by atoms with Crippen molar-refractivity contribution in [1.82, 2.24) is 0 Å². The zero-order valence-corrected chi connectivity index (χ0v) is 14.2. The van der Waals surface area contributed by atoms with Crippen LogP contribution in [0.1, 0.15) is 23.7 Å². The summed E-state index contributed by atoms with van der Waals surface area (Å²) in [5.41, 5.74) is 2.76. The number of benzene rings is 2. The van der Waals surface area contributed by atoms with Crippen molar-refractivity contribution in [2.75, 3.05) is 24.7 Å². The van der Waals surface area contributed by atoms with Gasteiger partial charge in [0.05, 0.1) is 18.9 Å². The number of ether oxygens (including phenoxy) is 3. The molecule has 0 N–H and O–H groups in total. The molecule has 0 bridgehead atoms. The minimum atomic E-state index is -0.623. The number of aryl methyl sites for hydroxylation is 1. The molecule has 2 heterocycles. The van der Waals surface area contributed by atoms with Crippen LogP contribution in [0.25, 0.3) is 0 Å². The summed E-state index contributed by atoms with van der Waals surface area (Å²) in [7, 11) is 0. The van der Waals surface area contributed by atoms with Gasteiger partial charge in [-0.3, -0.25) is 4.79 Å². The summed E-state index contributed by atoms with van der Waals surface area (Å²) in [5, 5.41) is 0. The Hall–Kier alpha value is -2.37. The Morgan fingerprint density at radius 1 is 1.08 bits per heavy atom. The highest BCUT2D eigenvalue weighted by atomic mass is 16.7. The molecule has 5 nitrogen and oxygen atoms in total. The molecule has 5 heteroatoms. The molecule has 1 atom stereocenters. The molecular formula is C20H21NO4. The molecule has 2 aliphatic heterocycles. The van der Waals surface area contributed by atoms with Gasteiger partial charge in [0, 0.05) is 18.5 Å². The highest BCUT2D eigenvalue weighted by Gasteiger charge is 2.36. The molecule has 1 amide bonds. The monoisotopic (exact) mass is 339 g/mol. The lowest BCUT2D eigenvalue weighted by Gasteiger charge is -2.35.